The van der Waals surface area contributed by atoms with Gasteiger partial charge in [0.15, 0.2) is 0 Å². The summed E-state index contributed by atoms with van der Waals surface area (Å²) in [5.41, 5.74) is 2.45. The lowest BCUT2D eigenvalue weighted by atomic mass is 10.1. The van der Waals surface area contributed by atoms with E-state index < -0.39 is 5.97 Å². The second-order valence-electron chi connectivity index (χ2n) is 6.38. The quantitative estimate of drug-likeness (QED) is 0.377. The topological polar surface area (TPSA) is 55.4 Å². The fourth-order valence-corrected chi connectivity index (χ4v) is 3.78. The Morgan fingerprint density at radius 1 is 0.833 bits per heavy atom. The third-order valence-electron chi connectivity index (χ3n) is 4.31. The van der Waals surface area contributed by atoms with Crippen LogP contribution < -0.4 is 5.32 Å². The minimum atomic E-state index is -0.410. The summed E-state index contributed by atoms with van der Waals surface area (Å²) in [4.78, 5) is 26.4. The minimum absolute atomic E-state index is 0.210. The van der Waals surface area contributed by atoms with Gasteiger partial charge in [-0.25, -0.2) is 4.79 Å². The molecule has 0 atom stereocenters. The maximum Gasteiger partial charge on any atom is 0.337 e. The summed E-state index contributed by atoms with van der Waals surface area (Å²) < 4.78 is 4.76. The number of hydrogen-bond donors (Lipinski definition) is 1. The first-order valence-corrected chi connectivity index (χ1v) is 10.4. The largest absolute Gasteiger partial charge is 0.465 e. The van der Waals surface area contributed by atoms with Crippen LogP contribution in [0.2, 0.25) is 5.02 Å². The third-order valence-corrected chi connectivity index (χ3v) is 5.58. The molecular formula is C24H20ClNO3S. The smallest absolute Gasteiger partial charge is 0.337 e. The van der Waals surface area contributed by atoms with Crippen molar-refractivity contribution in [2.24, 2.45) is 0 Å². The van der Waals surface area contributed by atoms with Crippen molar-refractivity contribution in [2.75, 3.05) is 7.11 Å². The van der Waals surface area contributed by atoms with Gasteiger partial charge in [-0.3, -0.25) is 4.79 Å². The van der Waals surface area contributed by atoms with Crippen molar-refractivity contribution in [3.8, 4) is 0 Å². The van der Waals surface area contributed by atoms with E-state index in [-0.39, 0.29) is 5.91 Å². The van der Waals surface area contributed by atoms with Crippen LogP contribution in [0, 0.1) is 0 Å². The second-order valence-corrected chi connectivity index (χ2v) is 8.10. The van der Waals surface area contributed by atoms with E-state index in [1.54, 1.807) is 36.4 Å². The average Bonchev–Trinajstić information content (AvgIpc) is 2.79. The van der Waals surface area contributed by atoms with Gasteiger partial charge in [-0.05, 0) is 61.0 Å². The molecule has 0 saturated heterocycles. The summed E-state index contributed by atoms with van der Waals surface area (Å²) in [6.07, 6.45) is 0. The lowest BCUT2D eigenvalue weighted by Crippen LogP contribution is -2.22. The molecule has 30 heavy (non-hydrogen) atoms. The van der Waals surface area contributed by atoms with Crippen molar-refractivity contribution in [3.63, 3.8) is 0 Å². The molecule has 0 saturated carbocycles. The zero-order valence-electron chi connectivity index (χ0n) is 16.5. The van der Waals surface area contributed by atoms with Crippen LogP contribution in [-0.4, -0.2) is 19.0 Å². The number of benzene rings is 3. The number of allylic oxidation sites excluding steroid dienone is 1. The number of hydrogen-bond acceptors (Lipinski definition) is 4. The number of rotatable bonds is 6. The summed E-state index contributed by atoms with van der Waals surface area (Å²) in [6.45, 7) is 1.94. The normalized spacial score (nSPS) is 11.4. The van der Waals surface area contributed by atoms with Crippen LogP contribution in [0.1, 0.15) is 33.2 Å². The van der Waals surface area contributed by atoms with Gasteiger partial charge in [0.05, 0.1) is 18.4 Å². The van der Waals surface area contributed by atoms with Crippen LogP contribution >= 0.6 is 23.4 Å². The molecule has 6 heteroatoms. The first-order valence-electron chi connectivity index (χ1n) is 9.17. The predicted molar refractivity (Wildman–Crippen MR) is 122 cm³/mol. The van der Waals surface area contributed by atoms with E-state index in [1.165, 1.54) is 18.9 Å². The van der Waals surface area contributed by atoms with E-state index in [9.17, 15) is 9.59 Å². The van der Waals surface area contributed by atoms with Crippen molar-refractivity contribution in [2.45, 2.75) is 11.8 Å². The average molecular weight is 438 g/mol. The molecule has 4 nitrogen and oxygen atoms in total. The van der Waals surface area contributed by atoms with E-state index in [4.69, 9.17) is 16.3 Å². The molecule has 1 amide bonds. The number of halogens is 1. The zero-order valence-corrected chi connectivity index (χ0v) is 18.1. The number of carbonyl (C=O) groups excluding carboxylic acids is 2. The summed E-state index contributed by atoms with van der Waals surface area (Å²) in [5.74, 6) is -0.619. The molecule has 152 valence electrons. The van der Waals surface area contributed by atoms with E-state index in [0.717, 1.165) is 15.4 Å². The van der Waals surface area contributed by atoms with Crippen LogP contribution in [-0.2, 0) is 4.74 Å². The van der Waals surface area contributed by atoms with E-state index in [0.29, 0.717) is 21.8 Å². The SMILES string of the molecule is COC(=O)c1ccc(/C(NC(=O)c2ccccc2)=C(/C)Sc2ccc(Cl)cc2)cc1. The van der Waals surface area contributed by atoms with Crippen molar-refractivity contribution in [3.05, 3.63) is 105 Å². The highest BCUT2D eigenvalue weighted by Gasteiger charge is 2.14. The van der Waals surface area contributed by atoms with Crippen LogP contribution in [0.25, 0.3) is 5.70 Å². The molecule has 0 aliphatic rings. The number of carbonyl (C=O) groups is 2. The maximum absolute atomic E-state index is 12.8. The molecule has 0 bridgehead atoms. The van der Waals surface area contributed by atoms with Crippen molar-refractivity contribution >= 4 is 40.9 Å². The Labute approximate surface area is 184 Å². The standard InChI is InChI=1S/C24H20ClNO3S/c1-16(30-21-14-12-20(25)13-15-21)22(26-23(27)18-6-4-3-5-7-18)17-8-10-19(11-9-17)24(28)29-2/h3-15H,1-2H3,(H,26,27)/b22-16+. The Bertz CT molecular complexity index is 1060. The molecule has 3 aromatic carbocycles. The molecule has 0 spiro atoms. The predicted octanol–water partition coefficient (Wildman–Crippen LogP) is 6.04. The summed E-state index contributed by atoms with van der Waals surface area (Å²) in [5, 5.41) is 3.69. The number of amides is 1. The molecule has 3 aromatic rings. The first kappa shape index (κ1) is 21.7. The summed E-state index contributed by atoms with van der Waals surface area (Å²) in [6, 6.07) is 23.4. The molecule has 0 aliphatic heterocycles. The maximum atomic E-state index is 12.8. The second kappa shape index (κ2) is 10.1. The van der Waals surface area contributed by atoms with Crippen molar-refractivity contribution in [1.82, 2.24) is 5.32 Å². The van der Waals surface area contributed by atoms with Crippen LogP contribution in [0.4, 0.5) is 0 Å². The van der Waals surface area contributed by atoms with Gasteiger partial charge in [-0.15, -0.1) is 0 Å². The molecular weight excluding hydrogens is 418 g/mol. The minimum Gasteiger partial charge on any atom is -0.465 e. The Balaban J connectivity index is 1.95. The first-order chi connectivity index (χ1) is 14.5. The molecule has 3 rings (SSSR count). The zero-order chi connectivity index (χ0) is 21.5. The summed E-state index contributed by atoms with van der Waals surface area (Å²) >= 11 is 7.50. The Kier molecular flexibility index (Phi) is 7.33. The van der Waals surface area contributed by atoms with E-state index >= 15 is 0 Å². The van der Waals surface area contributed by atoms with Gasteiger partial charge in [0.25, 0.3) is 5.91 Å². The van der Waals surface area contributed by atoms with Gasteiger partial charge < -0.3 is 10.1 Å². The molecule has 0 radical (unpaired) electrons. The van der Waals surface area contributed by atoms with Crippen LogP contribution in [0.3, 0.4) is 0 Å². The number of esters is 1. The van der Waals surface area contributed by atoms with Crippen molar-refractivity contribution in [1.29, 1.82) is 0 Å². The molecule has 0 heterocycles. The molecule has 0 fully saturated rings. The Morgan fingerprint density at radius 2 is 1.43 bits per heavy atom. The van der Waals surface area contributed by atoms with Gasteiger partial charge in [0.1, 0.15) is 0 Å². The highest BCUT2D eigenvalue weighted by atomic mass is 35.5. The number of nitrogens with one attached hydrogen (secondary N) is 1. The fraction of sp³-hybridized carbons (Fsp3) is 0.0833. The lowest BCUT2D eigenvalue weighted by molar-refractivity contribution is 0.0600. The van der Waals surface area contributed by atoms with Gasteiger partial charge >= 0.3 is 5.97 Å². The summed E-state index contributed by atoms with van der Waals surface area (Å²) in [7, 11) is 1.34. The van der Waals surface area contributed by atoms with Gasteiger partial charge in [-0.1, -0.05) is 53.7 Å². The Hall–Kier alpha value is -3.02. The molecule has 0 aliphatic carbocycles. The highest BCUT2D eigenvalue weighted by Crippen LogP contribution is 2.32. The van der Waals surface area contributed by atoms with Gasteiger partial charge in [-0.2, -0.15) is 0 Å². The molecule has 0 aromatic heterocycles. The van der Waals surface area contributed by atoms with Gasteiger partial charge in [0, 0.05) is 20.4 Å². The van der Waals surface area contributed by atoms with Gasteiger partial charge in [0.2, 0.25) is 0 Å². The number of thioether (sulfide) groups is 1. The van der Waals surface area contributed by atoms with E-state index in [1.807, 2.05) is 49.4 Å². The van der Waals surface area contributed by atoms with Crippen LogP contribution in [0.5, 0.6) is 0 Å². The number of methoxy groups -OCH3 is 1. The lowest BCUT2D eigenvalue weighted by Gasteiger charge is -2.15. The highest BCUT2D eigenvalue weighted by molar-refractivity contribution is 8.03. The van der Waals surface area contributed by atoms with Crippen LogP contribution in [0.15, 0.2) is 88.7 Å². The van der Waals surface area contributed by atoms with Crippen molar-refractivity contribution < 1.29 is 14.3 Å². The fourth-order valence-electron chi connectivity index (χ4n) is 2.76. The Morgan fingerprint density at radius 3 is 2.03 bits per heavy atom. The van der Waals surface area contributed by atoms with E-state index in [2.05, 4.69) is 5.32 Å². The monoisotopic (exact) mass is 437 g/mol. The number of ether oxygens (including phenoxy) is 1. The third kappa shape index (κ3) is 5.53. The molecule has 1 N–H and O–H groups in total. The molecule has 0 unspecified atom stereocenters.